The summed E-state index contributed by atoms with van der Waals surface area (Å²) in [6.07, 6.45) is 19.1. The summed E-state index contributed by atoms with van der Waals surface area (Å²) in [6.45, 7) is 13.9. The van der Waals surface area contributed by atoms with Gasteiger partial charge in [0.25, 0.3) is 0 Å². The molecule has 3 saturated carbocycles. The van der Waals surface area contributed by atoms with Crippen LogP contribution in [0.3, 0.4) is 0 Å². The molecule has 4 aliphatic carbocycles. The molecule has 0 amide bonds. The van der Waals surface area contributed by atoms with Crippen molar-refractivity contribution in [1.82, 2.24) is 0 Å². The summed E-state index contributed by atoms with van der Waals surface area (Å²) in [5.74, 6) is 4.33. The van der Waals surface area contributed by atoms with Gasteiger partial charge in [0.2, 0.25) is 0 Å². The molecular weight excluding hydrogens is 380 g/mol. The average molecular weight is 427 g/mol. The SMILES string of the molecule is CCC(C)/C=C/[C@H](C)C1CCC2C3=CCC4C[C@@H](OC(C)=O)CC[C@]4(C)C3CC[C@@]21C. The van der Waals surface area contributed by atoms with Gasteiger partial charge in [-0.3, -0.25) is 4.79 Å². The predicted molar refractivity (Wildman–Crippen MR) is 129 cm³/mol. The lowest BCUT2D eigenvalue weighted by Gasteiger charge is -2.58. The van der Waals surface area contributed by atoms with E-state index in [0.717, 1.165) is 30.6 Å². The van der Waals surface area contributed by atoms with Crippen molar-refractivity contribution in [2.75, 3.05) is 0 Å². The molecule has 0 bridgehead atoms. The van der Waals surface area contributed by atoms with E-state index < -0.39 is 0 Å². The molecule has 0 aliphatic heterocycles. The number of esters is 1. The standard InChI is InChI=1S/C29H46O2/c1-7-19(2)8-9-20(3)25-12-13-26-24-11-10-22-18-23(31-21(4)30)14-16-28(22,5)27(24)15-17-29(25,26)6/h8-9,11,19-20,22-23,25-27H,7,10,12-18H2,1-6H3/b9-8+/t19?,20-,22?,23-,25?,26?,27?,28-,29+/m0/s1. The van der Waals surface area contributed by atoms with Gasteiger partial charge in [-0.1, -0.05) is 64.8 Å². The number of hydrogen-bond acceptors (Lipinski definition) is 2. The first-order valence-electron chi connectivity index (χ1n) is 13.2. The largest absolute Gasteiger partial charge is 0.463 e. The topological polar surface area (TPSA) is 26.3 Å². The fourth-order valence-corrected chi connectivity index (χ4v) is 8.35. The van der Waals surface area contributed by atoms with Crippen LogP contribution < -0.4 is 0 Å². The third-order valence-electron chi connectivity index (χ3n) is 10.5. The molecule has 0 radical (unpaired) electrons. The maximum atomic E-state index is 11.5. The average Bonchev–Trinajstić information content (AvgIpc) is 3.09. The Labute approximate surface area is 191 Å². The van der Waals surface area contributed by atoms with Crippen molar-refractivity contribution in [2.45, 2.75) is 105 Å². The van der Waals surface area contributed by atoms with E-state index in [0.29, 0.717) is 28.6 Å². The Morgan fingerprint density at radius 2 is 1.81 bits per heavy atom. The molecule has 4 rings (SSSR count). The van der Waals surface area contributed by atoms with E-state index in [2.05, 4.69) is 52.8 Å². The van der Waals surface area contributed by atoms with E-state index in [1.54, 1.807) is 6.92 Å². The van der Waals surface area contributed by atoms with Gasteiger partial charge < -0.3 is 4.74 Å². The Kier molecular flexibility index (Phi) is 6.50. The first-order valence-corrected chi connectivity index (χ1v) is 13.2. The smallest absolute Gasteiger partial charge is 0.302 e. The molecule has 2 nitrogen and oxygen atoms in total. The molecule has 0 aromatic rings. The van der Waals surface area contributed by atoms with Gasteiger partial charge >= 0.3 is 5.97 Å². The summed E-state index contributed by atoms with van der Waals surface area (Å²) < 4.78 is 5.63. The van der Waals surface area contributed by atoms with E-state index in [1.807, 2.05) is 5.57 Å². The number of hydrogen-bond donors (Lipinski definition) is 0. The highest BCUT2D eigenvalue weighted by atomic mass is 16.5. The van der Waals surface area contributed by atoms with Crippen LogP contribution in [0, 0.1) is 46.3 Å². The van der Waals surface area contributed by atoms with Crippen LogP contribution in [0.15, 0.2) is 23.8 Å². The van der Waals surface area contributed by atoms with Gasteiger partial charge in [-0.2, -0.15) is 0 Å². The highest BCUT2D eigenvalue weighted by Crippen LogP contribution is 2.66. The molecule has 2 heteroatoms. The Morgan fingerprint density at radius 3 is 2.52 bits per heavy atom. The van der Waals surface area contributed by atoms with Crippen molar-refractivity contribution in [2.24, 2.45) is 46.3 Å². The van der Waals surface area contributed by atoms with Crippen molar-refractivity contribution >= 4 is 5.97 Å². The molecular formula is C29H46O2. The minimum Gasteiger partial charge on any atom is -0.463 e. The van der Waals surface area contributed by atoms with Crippen LogP contribution in [0.5, 0.6) is 0 Å². The van der Waals surface area contributed by atoms with E-state index in [4.69, 9.17) is 4.74 Å². The minimum atomic E-state index is -0.109. The lowest BCUT2D eigenvalue weighted by molar-refractivity contribution is -0.152. The first kappa shape index (κ1) is 23.1. The highest BCUT2D eigenvalue weighted by molar-refractivity contribution is 5.66. The van der Waals surface area contributed by atoms with Crippen molar-refractivity contribution in [3.05, 3.63) is 23.8 Å². The molecule has 3 fully saturated rings. The third kappa shape index (κ3) is 4.06. The Bertz CT molecular complexity index is 735. The number of rotatable bonds is 5. The van der Waals surface area contributed by atoms with Crippen LogP contribution >= 0.6 is 0 Å². The van der Waals surface area contributed by atoms with Crippen LogP contribution in [0.4, 0.5) is 0 Å². The molecule has 0 aromatic heterocycles. The number of allylic oxidation sites excluding steroid dienone is 4. The van der Waals surface area contributed by atoms with Crippen LogP contribution in [-0.4, -0.2) is 12.1 Å². The number of carbonyl (C=O) groups is 1. The zero-order valence-corrected chi connectivity index (χ0v) is 21.0. The zero-order chi connectivity index (χ0) is 22.4. The summed E-state index contributed by atoms with van der Waals surface area (Å²) in [7, 11) is 0. The molecule has 0 N–H and O–H groups in total. The fourth-order valence-electron chi connectivity index (χ4n) is 8.35. The normalized spacial score (nSPS) is 44.1. The highest BCUT2D eigenvalue weighted by Gasteiger charge is 2.58. The first-order chi connectivity index (χ1) is 14.7. The monoisotopic (exact) mass is 426 g/mol. The Morgan fingerprint density at radius 1 is 1.10 bits per heavy atom. The number of ether oxygens (including phenoxy) is 1. The lowest BCUT2D eigenvalue weighted by atomic mass is 9.47. The molecule has 174 valence electrons. The van der Waals surface area contributed by atoms with Crippen LogP contribution in [0.1, 0.15) is 99.3 Å². The molecule has 0 heterocycles. The second-order valence-electron chi connectivity index (χ2n) is 12.1. The van der Waals surface area contributed by atoms with Gasteiger partial charge in [0.05, 0.1) is 0 Å². The van der Waals surface area contributed by atoms with E-state index in [1.165, 1.54) is 44.9 Å². The maximum Gasteiger partial charge on any atom is 0.302 e. The molecule has 0 spiro atoms. The van der Waals surface area contributed by atoms with Crippen LogP contribution in [0.25, 0.3) is 0 Å². The van der Waals surface area contributed by atoms with Crippen molar-refractivity contribution in [1.29, 1.82) is 0 Å². The maximum absolute atomic E-state index is 11.5. The van der Waals surface area contributed by atoms with Crippen LogP contribution in [0.2, 0.25) is 0 Å². The fraction of sp³-hybridized carbons (Fsp3) is 0.828. The quantitative estimate of drug-likeness (QED) is 0.332. The number of fused-ring (bicyclic) bond motifs is 5. The zero-order valence-electron chi connectivity index (χ0n) is 21.0. The lowest BCUT2D eigenvalue weighted by Crippen LogP contribution is -2.50. The molecule has 9 atom stereocenters. The van der Waals surface area contributed by atoms with E-state index in [9.17, 15) is 4.79 Å². The van der Waals surface area contributed by atoms with Gasteiger partial charge in [0.1, 0.15) is 6.10 Å². The second-order valence-corrected chi connectivity index (χ2v) is 12.1. The Balaban J connectivity index is 1.52. The summed E-state index contributed by atoms with van der Waals surface area (Å²) in [4.78, 5) is 11.5. The summed E-state index contributed by atoms with van der Waals surface area (Å²) in [5, 5.41) is 0. The molecule has 4 aliphatic rings. The molecule has 5 unspecified atom stereocenters. The predicted octanol–water partition coefficient (Wildman–Crippen LogP) is 7.74. The summed E-state index contributed by atoms with van der Waals surface area (Å²) in [5.41, 5.74) is 2.71. The molecule has 31 heavy (non-hydrogen) atoms. The van der Waals surface area contributed by atoms with Crippen molar-refractivity contribution in [3.63, 3.8) is 0 Å². The summed E-state index contributed by atoms with van der Waals surface area (Å²) in [6, 6.07) is 0. The van der Waals surface area contributed by atoms with Gasteiger partial charge in [0.15, 0.2) is 0 Å². The van der Waals surface area contributed by atoms with Gasteiger partial charge in [0, 0.05) is 6.92 Å². The molecule has 0 saturated heterocycles. The van der Waals surface area contributed by atoms with E-state index >= 15 is 0 Å². The Hall–Kier alpha value is -1.05. The van der Waals surface area contributed by atoms with Gasteiger partial charge in [-0.25, -0.2) is 0 Å². The minimum absolute atomic E-state index is 0.109. The third-order valence-corrected chi connectivity index (χ3v) is 10.5. The van der Waals surface area contributed by atoms with Crippen molar-refractivity contribution < 1.29 is 9.53 Å². The number of carbonyl (C=O) groups excluding carboxylic acids is 1. The molecule has 0 aromatic carbocycles. The summed E-state index contributed by atoms with van der Waals surface area (Å²) >= 11 is 0. The second kappa shape index (κ2) is 8.71. The van der Waals surface area contributed by atoms with Gasteiger partial charge in [-0.15, -0.1) is 0 Å². The van der Waals surface area contributed by atoms with E-state index in [-0.39, 0.29) is 12.1 Å². The van der Waals surface area contributed by atoms with Crippen LogP contribution in [-0.2, 0) is 9.53 Å². The van der Waals surface area contributed by atoms with Gasteiger partial charge in [-0.05, 0) is 97.7 Å². The van der Waals surface area contributed by atoms with Crippen molar-refractivity contribution in [3.8, 4) is 0 Å².